The zero-order valence-electron chi connectivity index (χ0n) is 18.3. The van der Waals surface area contributed by atoms with Gasteiger partial charge in [0.2, 0.25) is 11.8 Å². The Hall–Kier alpha value is -2.47. The number of amides is 2. The second kappa shape index (κ2) is 12.3. The molecule has 2 rings (SSSR count). The van der Waals surface area contributed by atoms with Crippen molar-refractivity contribution >= 4 is 23.6 Å². The number of carbonyl (C=O) groups excluding carboxylic acids is 2. The number of rotatable bonds is 11. The largest absolute Gasteiger partial charge is 0.497 e. The van der Waals surface area contributed by atoms with Crippen LogP contribution in [0.25, 0.3) is 0 Å². The van der Waals surface area contributed by atoms with E-state index in [9.17, 15) is 9.59 Å². The quantitative estimate of drug-likeness (QED) is 0.538. The summed E-state index contributed by atoms with van der Waals surface area (Å²) >= 11 is 1.66. The molecular weight excluding hydrogens is 396 g/mol. The van der Waals surface area contributed by atoms with Gasteiger partial charge in [-0.3, -0.25) is 9.59 Å². The highest BCUT2D eigenvalue weighted by Crippen LogP contribution is 2.22. The van der Waals surface area contributed by atoms with Crippen LogP contribution in [0.2, 0.25) is 0 Å². The first kappa shape index (κ1) is 23.8. The maximum Gasteiger partial charge on any atom is 0.242 e. The van der Waals surface area contributed by atoms with E-state index in [4.69, 9.17) is 4.74 Å². The van der Waals surface area contributed by atoms with Crippen molar-refractivity contribution in [1.82, 2.24) is 10.2 Å². The molecule has 0 aromatic heterocycles. The van der Waals surface area contributed by atoms with Crippen LogP contribution in [0.5, 0.6) is 5.75 Å². The molecule has 0 saturated carbocycles. The van der Waals surface area contributed by atoms with Crippen LogP contribution in [0.1, 0.15) is 37.8 Å². The number of ether oxygens (including phenoxy) is 1. The third kappa shape index (κ3) is 7.10. The number of nitrogens with zero attached hydrogens (tertiary/aromatic N) is 1. The van der Waals surface area contributed by atoms with Crippen LogP contribution in [0.15, 0.2) is 53.4 Å². The smallest absolute Gasteiger partial charge is 0.242 e. The van der Waals surface area contributed by atoms with E-state index in [1.807, 2.05) is 38.1 Å². The predicted molar refractivity (Wildman–Crippen MR) is 123 cm³/mol. The molecule has 2 aromatic carbocycles. The van der Waals surface area contributed by atoms with E-state index in [0.29, 0.717) is 31.7 Å². The molecule has 0 aliphatic heterocycles. The molecular formula is C24H32N2O3S. The monoisotopic (exact) mass is 428 g/mol. The molecule has 0 aliphatic rings. The fraction of sp³-hybridized carbons (Fsp3) is 0.417. The highest BCUT2D eigenvalue weighted by molar-refractivity contribution is 7.99. The maximum atomic E-state index is 13.2. The van der Waals surface area contributed by atoms with Crippen LogP contribution in [0.4, 0.5) is 0 Å². The highest BCUT2D eigenvalue weighted by Gasteiger charge is 2.28. The lowest BCUT2D eigenvalue weighted by Gasteiger charge is -2.30. The molecule has 0 unspecified atom stereocenters. The van der Waals surface area contributed by atoms with E-state index in [1.54, 1.807) is 23.8 Å². The minimum Gasteiger partial charge on any atom is -0.497 e. The lowest BCUT2D eigenvalue weighted by molar-refractivity contribution is -0.141. The Morgan fingerprint density at radius 3 is 2.50 bits per heavy atom. The van der Waals surface area contributed by atoms with Crippen molar-refractivity contribution in [2.45, 2.75) is 51.1 Å². The fourth-order valence-electron chi connectivity index (χ4n) is 3.21. The van der Waals surface area contributed by atoms with Gasteiger partial charge in [0.1, 0.15) is 11.8 Å². The first-order chi connectivity index (χ1) is 14.5. The summed E-state index contributed by atoms with van der Waals surface area (Å²) in [6.07, 6.45) is 0.936. The lowest BCUT2D eigenvalue weighted by Crippen LogP contribution is -2.49. The number of carbonyl (C=O) groups is 2. The van der Waals surface area contributed by atoms with Crippen molar-refractivity contribution in [1.29, 1.82) is 0 Å². The molecule has 2 amide bonds. The number of benzene rings is 2. The number of thioether (sulfide) groups is 1. The molecule has 0 spiro atoms. The minimum absolute atomic E-state index is 0.0180. The number of aryl methyl sites for hydroxylation is 1. The third-order valence-electron chi connectivity index (χ3n) is 4.83. The van der Waals surface area contributed by atoms with Crippen LogP contribution in [-0.2, 0) is 16.1 Å². The molecule has 0 heterocycles. The van der Waals surface area contributed by atoms with Gasteiger partial charge in [0.25, 0.3) is 0 Å². The zero-order valence-corrected chi connectivity index (χ0v) is 19.1. The van der Waals surface area contributed by atoms with Gasteiger partial charge in [-0.25, -0.2) is 0 Å². The molecule has 162 valence electrons. The summed E-state index contributed by atoms with van der Waals surface area (Å²) < 4.78 is 5.31. The summed E-state index contributed by atoms with van der Waals surface area (Å²) in [5, 5.41) is 2.86. The van der Waals surface area contributed by atoms with Gasteiger partial charge in [0, 0.05) is 30.2 Å². The molecule has 1 atom stereocenters. The number of likely N-dealkylation sites (N-methyl/N-ethyl adjacent to an activating group) is 1. The van der Waals surface area contributed by atoms with Gasteiger partial charge in [0.15, 0.2) is 0 Å². The molecule has 30 heavy (non-hydrogen) atoms. The average Bonchev–Trinajstić information content (AvgIpc) is 2.75. The van der Waals surface area contributed by atoms with Crippen LogP contribution in [0.3, 0.4) is 0 Å². The van der Waals surface area contributed by atoms with E-state index in [1.165, 1.54) is 5.56 Å². The van der Waals surface area contributed by atoms with E-state index in [2.05, 4.69) is 36.5 Å². The van der Waals surface area contributed by atoms with Crippen LogP contribution in [-0.4, -0.2) is 42.2 Å². The third-order valence-corrected chi connectivity index (χ3v) is 5.84. The molecule has 6 heteroatoms. The Morgan fingerprint density at radius 1 is 1.13 bits per heavy atom. The SMILES string of the molecule is CCNC(=O)[C@H](CC)N(Cc1cccc(OC)c1)C(=O)CCSc1ccc(C)cc1. The molecule has 0 radical (unpaired) electrons. The number of nitrogens with one attached hydrogen (secondary N) is 1. The molecule has 2 aromatic rings. The second-order valence-corrected chi connectivity index (χ2v) is 8.27. The van der Waals surface area contributed by atoms with Crippen LogP contribution >= 0.6 is 11.8 Å². The Balaban J connectivity index is 2.12. The summed E-state index contributed by atoms with van der Waals surface area (Å²) in [7, 11) is 1.62. The molecule has 0 bridgehead atoms. The summed E-state index contributed by atoms with van der Waals surface area (Å²) in [5.41, 5.74) is 2.16. The van der Waals surface area contributed by atoms with Crippen molar-refractivity contribution in [3.63, 3.8) is 0 Å². The highest BCUT2D eigenvalue weighted by atomic mass is 32.2. The zero-order chi connectivity index (χ0) is 21.9. The van der Waals surface area contributed by atoms with Crippen LogP contribution < -0.4 is 10.1 Å². The van der Waals surface area contributed by atoms with Gasteiger partial charge in [0.05, 0.1) is 7.11 Å². The minimum atomic E-state index is -0.493. The summed E-state index contributed by atoms with van der Waals surface area (Å²) in [4.78, 5) is 28.6. The average molecular weight is 429 g/mol. The second-order valence-electron chi connectivity index (χ2n) is 7.10. The van der Waals surface area contributed by atoms with Crippen molar-refractivity contribution in [2.24, 2.45) is 0 Å². The number of methoxy groups -OCH3 is 1. The standard InChI is InChI=1S/C24H32N2O3S/c1-5-22(24(28)25-6-2)26(17-19-8-7-9-20(16-19)29-4)23(27)14-15-30-21-12-10-18(3)11-13-21/h7-13,16,22H,5-6,14-15,17H2,1-4H3,(H,25,28)/t22-/m0/s1. The van der Waals surface area contributed by atoms with Gasteiger partial charge in [-0.15, -0.1) is 11.8 Å². The van der Waals surface area contributed by atoms with Gasteiger partial charge in [-0.1, -0.05) is 36.8 Å². The maximum absolute atomic E-state index is 13.2. The van der Waals surface area contributed by atoms with Gasteiger partial charge in [-0.2, -0.15) is 0 Å². The van der Waals surface area contributed by atoms with Crippen molar-refractivity contribution in [2.75, 3.05) is 19.4 Å². The Kier molecular flexibility index (Phi) is 9.74. The first-order valence-electron chi connectivity index (χ1n) is 10.4. The van der Waals surface area contributed by atoms with Gasteiger partial charge >= 0.3 is 0 Å². The van der Waals surface area contributed by atoms with Crippen molar-refractivity contribution in [3.8, 4) is 5.75 Å². The molecule has 0 aliphatic carbocycles. The molecule has 0 fully saturated rings. The van der Waals surface area contributed by atoms with Crippen molar-refractivity contribution < 1.29 is 14.3 Å². The van der Waals surface area contributed by atoms with Gasteiger partial charge in [-0.05, 0) is 50.1 Å². The predicted octanol–water partition coefficient (Wildman–Crippen LogP) is 4.43. The topological polar surface area (TPSA) is 58.6 Å². The van der Waals surface area contributed by atoms with Crippen LogP contribution in [0, 0.1) is 6.92 Å². The van der Waals surface area contributed by atoms with E-state index in [0.717, 1.165) is 16.2 Å². The van der Waals surface area contributed by atoms with E-state index >= 15 is 0 Å². The first-order valence-corrected chi connectivity index (χ1v) is 11.4. The van der Waals surface area contributed by atoms with Gasteiger partial charge < -0.3 is 15.0 Å². The van der Waals surface area contributed by atoms with Crippen molar-refractivity contribution in [3.05, 3.63) is 59.7 Å². The Bertz CT molecular complexity index is 823. The number of hydrogen-bond acceptors (Lipinski definition) is 4. The summed E-state index contributed by atoms with van der Waals surface area (Å²) in [6.45, 7) is 6.80. The lowest BCUT2D eigenvalue weighted by atomic mass is 10.1. The van der Waals surface area contributed by atoms with E-state index < -0.39 is 6.04 Å². The summed E-state index contributed by atoms with van der Waals surface area (Å²) in [6, 6.07) is 15.4. The number of hydrogen-bond donors (Lipinski definition) is 1. The molecule has 0 saturated heterocycles. The molecule has 1 N–H and O–H groups in total. The normalized spacial score (nSPS) is 11.6. The Labute approximate surface area is 184 Å². The van der Waals surface area contributed by atoms with E-state index in [-0.39, 0.29) is 11.8 Å². The Morgan fingerprint density at radius 2 is 1.87 bits per heavy atom. The molecule has 5 nitrogen and oxygen atoms in total. The summed E-state index contributed by atoms with van der Waals surface area (Å²) in [5.74, 6) is 1.28. The fourth-order valence-corrected chi connectivity index (χ4v) is 4.05.